The molecule has 0 bridgehead atoms. The summed E-state index contributed by atoms with van der Waals surface area (Å²) in [6, 6.07) is 13.9. The second kappa shape index (κ2) is 6.14. The van der Waals surface area contributed by atoms with E-state index in [0.29, 0.717) is 5.56 Å². The maximum atomic E-state index is 13.9. The first-order valence-electron chi connectivity index (χ1n) is 7.59. The Morgan fingerprint density at radius 3 is 2.55 bits per heavy atom. The van der Waals surface area contributed by atoms with E-state index in [2.05, 4.69) is 11.5 Å². The highest BCUT2D eigenvalue weighted by atomic mass is 19.1. The number of unbranched alkanes of at least 4 members (excludes halogenated alkanes) is 1. The summed E-state index contributed by atoms with van der Waals surface area (Å²) in [5, 5.41) is 0.881. The van der Waals surface area contributed by atoms with Gasteiger partial charge in [-0.1, -0.05) is 43.7 Å². The summed E-state index contributed by atoms with van der Waals surface area (Å²) >= 11 is 0. The fraction of sp³-hybridized carbons (Fsp3) is 0.211. The highest BCUT2D eigenvalue weighted by Gasteiger charge is 2.18. The predicted molar refractivity (Wildman–Crippen MR) is 86.7 cm³/mol. The molecule has 0 unspecified atom stereocenters. The van der Waals surface area contributed by atoms with Crippen molar-refractivity contribution in [1.82, 2.24) is 4.57 Å². The third-order valence-corrected chi connectivity index (χ3v) is 3.90. The Bertz CT molecular complexity index is 819. The Kier molecular flexibility index (Phi) is 4.05. The first-order valence-corrected chi connectivity index (χ1v) is 7.59. The van der Waals surface area contributed by atoms with Crippen molar-refractivity contribution in [3.63, 3.8) is 0 Å². The molecule has 0 aliphatic rings. The van der Waals surface area contributed by atoms with Crippen LogP contribution in [0.25, 0.3) is 10.9 Å². The first kappa shape index (κ1) is 14.5. The molecule has 3 aromatic rings. The minimum absolute atomic E-state index is 0.126. The summed E-state index contributed by atoms with van der Waals surface area (Å²) in [4.78, 5) is 12.7. The summed E-state index contributed by atoms with van der Waals surface area (Å²) in [7, 11) is 0. The van der Waals surface area contributed by atoms with Crippen molar-refractivity contribution >= 4 is 16.7 Å². The summed E-state index contributed by atoms with van der Waals surface area (Å²) < 4.78 is 16.0. The molecule has 0 amide bonds. The lowest BCUT2D eigenvalue weighted by Gasteiger charge is -2.02. The number of carbonyl (C=O) groups is 1. The molecule has 112 valence electrons. The van der Waals surface area contributed by atoms with E-state index in [1.807, 2.05) is 30.5 Å². The Labute approximate surface area is 129 Å². The lowest BCUT2D eigenvalue weighted by molar-refractivity contribution is 0.103. The maximum Gasteiger partial charge on any atom is 0.198 e. The number of hydrogen-bond acceptors (Lipinski definition) is 1. The van der Waals surface area contributed by atoms with Gasteiger partial charge in [-0.2, -0.15) is 0 Å². The molecule has 2 aromatic carbocycles. The van der Waals surface area contributed by atoms with Crippen molar-refractivity contribution in [3.8, 4) is 0 Å². The normalized spacial score (nSPS) is 11.0. The summed E-state index contributed by atoms with van der Waals surface area (Å²) in [5.41, 5.74) is 1.72. The van der Waals surface area contributed by atoms with Crippen molar-refractivity contribution in [2.45, 2.75) is 26.3 Å². The molecule has 0 aliphatic carbocycles. The van der Waals surface area contributed by atoms with E-state index < -0.39 is 5.82 Å². The van der Waals surface area contributed by atoms with Crippen molar-refractivity contribution < 1.29 is 9.18 Å². The smallest absolute Gasteiger partial charge is 0.198 e. The van der Waals surface area contributed by atoms with Crippen molar-refractivity contribution in [1.29, 1.82) is 0 Å². The third-order valence-electron chi connectivity index (χ3n) is 3.90. The zero-order chi connectivity index (χ0) is 15.5. The molecule has 0 radical (unpaired) electrons. The number of fused-ring (bicyclic) bond motifs is 1. The van der Waals surface area contributed by atoms with E-state index in [0.717, 1.165) is 30.3 Å². The van der Waals surface area contributed by atoms with E-state index >= 15 is 0 Å². The number of benzene rings is 2. The fourth-order valence-electron chi connectivity index (χ4n) is 2.73. The Morgan fingerprint density at radius 2 is 1.77 bits per heavy atom. The van der Waals surface area contributed by atoms with E-state index in [1.54, 1.807) is 12.1 Å². The second-order valence-electron chi connectivity index (χ2n) is 5.42. The highest BCUT2D eigenvalue weighted by molar-refractivity contribution is 6.16. The van der Waals surface area contributed by atoms with Crippen LogP contribution in [-0.4, -0.2) is 10.4 Å². The van der Waals surface area contributed by atoms with Gasteiger partial charge < -0.3 is 4.57 Å². The average molecular weight is 295 g/mol. The van der Waals surface area contributed by atoms with Crippen LogP contribution in [0.1, 0.15) is 35.7 Å². The van der Waals surface area contributed by atoms with Crippen LogP contribution in [0.15, 0.2) is 54.7 Å². The molecule has 0 N–H and O–H groups in total. The third kappa shape index (κ3) is 2.54. The van der Waals surface area contributed by atoms with Crippen LogP contribution in [0.3, 0.4) is 0 Å². The number of halogens is 1. The van der Waals surface area contributed by atoms with Crippen molar-refractivity contribution in [2.24, 2.45) is 0 Å². The molecule has 22 heavy (non-hydrogen) atoms. The van der Waals surface area contributed by atoms with Crippen LogP contribution in [0.2, 0.25) is 0 Å². The van der Waals surface area contributed by atoms with Crippen LogP contribution >= 0.6 is 0 Å². The summed E-state index contributed by atoms with van der Waals surface area (Å²) in [6.07, 6.45) is 3.99. The zero-order valence-corrected chi connectivity index (χ0v) is 12.6. The lowest BCUT2D eigenvalue weighted by atomic mass is 10.0. The van der Waals surface area contributed by atoms with Gasteiger partial charge in [-0.25, -0.2) is 4.39 Å². The molecule has 0 fully saturated rings. The molecule has 1 aromatic heterocycles. The van der Waals surface area contributed by atoms with E-state index in [-0.39, 0.29) is 11.3 Å². The van der Waals surface area contributed by atoms with Gasteiger partial charge in [-0.05, 0) is 24.6 Å². The lowest BCUT2D eigenvalue weighted by Crippen LogP contribution is -2.03. The molecular weight excluding hydrogens is 277 g/mol. The summed E-state index contributed by atoms with van der Waals surface area (Å²) in [5.74, 6) is -0.734. The Morgan fingerprint density at radius 1 is 1.05 bits per heavy atom. The van der Waals surface area contributed by atoms with Crippen LogP contribution in [0, 0.1) is 5.82 Å². The van der Waals surface area contributed by atoms with Crippen LogP contribution in [0.4, 0.5) is 4.39 Å². The first-order chi connectivity index (χ1) is 10.7. The second-order valence-corrected chi connectivity index (χ2v) is 5.42. The minimum atomic E-state index is -0.474. The standard InChI is InChI=1S/C19H18FNO/c1-2-3-12-21-13-16(14-8-5-7-11-18(14)21)19(22)15-9-4-6-10-17(15)20/h4-11,13H,2-3,12H2,1H3. The molecular formula is C19H18FNO. The number of hydrogen-bond donors (Lipinski definition) is 0. The molecule has 3 rings (SSSR count). The highest BCUT2D eigenvalue weighted by Crippen LogP contribution is 2.25. The molecule has 0 aliphatic heterocycles. The van der Waals surface area contributed by atoms with Gasteiger partial charge in [0.2, 0.25) is 0 Å². The molecule has 3 heteroatoms. The van der Waals surface area contributed by atoms with Gasteiger partial charge in [0.25, 0.3) is 0 Å². The Hall–Kier alpha value is -2.42. The number of ketones is 1. The van der Waals surface area contributed by atoms with Gasteiger partial charge in [-0.15, -0.1) is 0 Å². The number of aryl methyl sites for hydroxylation is 1. The SMILES string of the molecule is CCCCn1cc(C(=O)c2ccccc2F)c2ccccc21. The van der Waals surface area contributed by atoms with Crippen LogP contribution < -0.4 is 0 Å². The van der Waals surface area contributed by atoms with Crippen molar-refractivity contribution in [3.05, 3.63) is 71.7 Å². The van der Waals surface area contributed by atoms with E-state index in [1.165, 1.54) is 12.1 Å². The van der Waals surface area contributed by atoms with Crippen LogP contribution in [-0.2, 0) is 6.54 Å². The van der Waals surface area contributed by atoms with Gasteiger partial charge in [0.1, 0.15) is 5.82 Å². The minimum Gasteiger partial charge on any atom is -0.347 e. The Balaban J connectivity index is 2.11. The van der Waals surface area contributed by atoms with Gasteiger partial charge >= 0.3 is 0 Å². The summed E-state index contributed by atoms with van der Waals surface area (Å²) in [6.45, 7) is 3.00. The molecule has 1 heterocycles. The largest absolute Gasteiger partial charge is 0.347 e. The number of aromatic nitrogens is 1. The topological polar surface area (TPSA) is 22.0 Å². The zero-order valence-electron chi connectivity index (χ0n) is 12.6. The van der Waals surface area contributed by atoms with Gasteiger partial charge in [0, 0.05) is 29.2 Å². The molecule has 0 atom stereocenters. The quantitative estimate of drug-likeness (QED) is 0.619. The van der Waals surface area contributed by atoms with E-state index in [9.17, 15) is 9.18 Å². The monoisotopic (exact) mass is 295 g/mol. The molecule has 2 nitrogen and oxygen atoms in total. The number of carbonyl (C=O) groups excluding carboxylic acids is 1. The van der Waals surface area contributed by atoms with Crippen molar-refractivity contribution in [2.75, 3.05) is 0 Å². The fourth-order valence-corrected chi connectivity index (χ4v) is 2.73. The van der Waals surface area contributed by atoms with E-state index in [4.69, 9.17) is 0 Å². The van der Waals surface area contributed by atoms with Gasteiger partial charge in [0.05, 0.1) is 5.56 Å². The average Bonchev–Trinajstić information content (AvgIpc) is 2.92. The molecule has 0 spiro atoms. The number of para-hydroxylation sites is 1. The molecule has 0 saturated heterocycles. The molecule has 0 saturated carbocycles. The van der Waals surface area contributed by atoms with Gasteiger partial charge in [0.15, 0.2) is 5.78 Å². The number of rotatable bonds is 5. The maximum absolute atomic E-state index is 13.9. The predicted octanol–water partition coefficient (Wildman–Crippen LogP) is 4.81. The number of nitrogens with zero attached hydrogens (tertiary/aromatic N) is 1. The van der Waals surface area contributed by atoms with Gasteiger partial charge in [-0.3, -0.25) is 4.79 Å². The van der Waals surface area contributed by atoms with Crippen LogP contribution in [0.5, 0.6) is 0 Å².